The van der Waals surface area contributed by atoms with Crippen molar-refractivity contribution in [3.8, 4) is 11.1 Å². The van der Waals surface area contributed by atoms with Crippen LogP contribution in [0.3, 0.4) is 0 Å². The molecule has 0 aliphatic heterocycles. The maximum Gasteiger partial charge on any atom is 0.150 e. The summed E-state index contributed by atoms with van der Waals surface area (Å²) in [6.07, 6.45) is 0.775. The van der Waals surface area contributed by atoms with Crippen molar-refractivity contribution in [3.05, 3.63) is 53.1 Å². The van der Waals surface area contributed by atoms with Crippen LogP contribution in [-0.2, 0) is 0 Å². The second-order valence-corrected chi connectivity index (χ2v) is 3.89. The first-order valence-electron chi connectivity index (χ1n) is 4.81. The fourth-order valence-electron chi connectivity index (χ4n) is 1.60. The predicted octanol–water partition coefficient (Wildman–Crippen LogP) is 3.40. The number of rotatable bonds is 2. The van der Waals surface area contributed by atoms with Gasteiger partial charge in [0.15, 0.2) is 0 Å². The molecule has 2 N–H and O–H groups in total. The standard InChI is InChI=1S/C13H10ClNO/c14-13-4-2-1-3-12(13)10-5-9(8-16)6-11(15)7-10/h1-8H,15H2. The molecular formula is C13H10ClNO. The van der Waals surface area contributed by atoms with Gasteiger partial charge in [0.05, 0.1) is 0 Å². The summed E-state index contributed by atoms with van der Waals surface area (Å²) < 4.78 is 0. The number of nitrogens with two attached hydrogens (primary N) is 1. The van der Waals surface area contributed by atoms with Crippen LogP contribution in [0.2, 0.25) is 5.02 Å². The van der Waals surface area contributed by atoms with E-state index in [0.717, 1.165) is 17.4 Å². The van der Waals surface area contributed by atoms with Crippen LogP contribution in [0, 0.1) is 0 Å². The van der Waals surface area contributed by atoms with Gasteiger partial charge in [-0.3, -0.25) is 4.79 Å². The summed E-state index contributed by atoms with van der Waals surface area (Å²) in [4.78, 5) is 10.7. The Kier molecular flexibility index (Phi) is 2.93. The number of hydrogen-bond donors (Lipinski definition) is 1. The Bertz CT molecular complexity index is 537. The molecule has 0 bridgehead atoms. The lowest BCUT2D eigenvalue weighted by molar-refractivity contribution is 0.112. The van der Waals surface area contributed by atoms with Crippen LogP contribution in [-0.4, -0.2) is 6.29 Å². The molecule has 0 aliphatic carbocycles. The molecule has 0 aliphatic rings. The first kappa shape index (κ1) is 10.7. The van der Waals surface area contributed by atoms with Crippen LogP contribution in [0.4, 0.5) is 5.69 Å². The van der Waals surface area contributed by atoms with E-state index in [0.29, 0.717) is 16.3 Å². The minimum absolute atomic E-state index is 0.551. The number of nitrogen functional groups attached to an aromatic ring is 1. The number of halogens is 1. The lowest BCUT2D eigenvalue weighted by Crippen LogP contribution is -1.90. The van der Waals surface area contributed by atoms with E-state index in [1.165, 1.54) is 0 Å². The maximum atomic E-state index is 10.7. The van der Waals surface area contributed by atoms with Crippen LogP contribution in [0.25, 0.3) is 11.1 Å². The molecule has 2 nitrogen and oxygen atoms in total. The molecule has 0 radical (unpaired) electrons. The van der Waals surface area contributed by atoms with Gasteiger partial charge in [0.2, 0.25) is 0 Å². The van der Waals surface area contributed by atoms with Crippen LogP contribution < -0.4 is 5.73 Å². The molecule has 2 rings (SSSR count). The van der Waals surface area contributed by atoms with Crippen molar-refractivity contribution in [1.29, 1.82) is 0 Å². The van der Waals surface area contributed by atoms with Gasteiger partial charge in [-0.2, -0.15) is 0 Å². The Balaban J connectivity index is 2.60. The van der Waals surface area contributed by atoms with Gasteiger partial charge >= 0.3 is 0 Å². The van der Waals surface area contributed by atoms with E-state index in [9.17, 15) is 4.79 Å². The molecule has 0 saturated carbocycles. The van der Waals surface area contributed by atoms with E-state index in [4.69, 9.17) is 17.3 Å². The predicted molar refractivity (Wildman–Crippen MR) is 66.7 cm³/mol. The van der Waals surface area contributed by atoms with Gasteiger partial charge in [0.1, 0.15) is 6.29 Å². The van der Waals surface area contributed by atoms with Gasteiger partial charge in [-0.15, -0.1) is 0 Å². The molecule has 2 aromatic rings. The van der Waals surface area contributed by atoms with E-state index in [2.05, 4.69) is 0 Å². The third-order valence-corrected chi connectivity index (χ3v) is 2.63. The summed E-state index contributed by atoms with van der Waals surface area (Å²) in [6, 6.07) is 12.7. The monoisotopic (exact) mass is 231 g/mol. The average molecular weight is 232 g/mol. The first-order valence-corrected chi connectivity index (χ1v) is 5.19. The molecule has 16 heavy (non-hydrogen) atoms. The molecule has 0 atom stereocenters. The zero-order valence-corrected chi connectivity index (χ0v) is 9.24. The molecule has 0 unspecified atom stereocenters. The zero-order valence-electron chi connectivity index (χ0n) is 8.48. The number of carbonyl (C=O) groups excluding carboxylic acids is 1. The van der Waals surface area contributed by atoms with E-state index < -0.39 is 0 Å². The average Bonchev–Trinajstić information content (AvgIpc) is 2.28. The van der Waals surface area contributed by atoms with E-state index in [1.807, 2.05) is 18.2 Å². The van der Waals surface area contributed by atoms with Crippen LogP contribution >= 0.6 is 11.6 Å². The third-order valence-electron chi connectivity index (χ3n) is 2.30. The highest BCUT2D eigenvalue weighted by Crippen LogP contribution is 2.29. The Labute approximate surface area is 98.7 Å². The number of carbonyl (C=O) groups is 1. The van der Waals surface area contributed by atoms with Crippen LogP contribution in [0.1, 0.15) is 10.4 Å². The molecule has 2 aromatic carbocycles. The molecule has 0 heterocycles. The van der Waals surface area contributed by atoms with Gasteiger partial charge < -0.3 is 5.73 Å². The maximum absolute atomic E-state index is 10.7. The van der Waals surface area contributed by atoms with Gasteiger partial charge in [0.25, 0.3) is 0 Å². The van der Waals surface area contributed by atoms with Gasteiger partial charge in [-0.25, -0.2) is 0 Å². The van der Waals surface area contributed by atoms with Crippen molar-refractivity contribution in [2.24, 2.45) is 0 Å². The number of aldehydes is 1. The molecule has 0 aromatic heterocycles. The summed E-state index contributed by atoms with van der Waals surface area (Å²) in [5, 5.41) is 0.643. The summed E-state index contributed by atoms with van der Waals surface area (Å²) >= 11 is 6.08. The van der Waals surface area contributed by atoms with Crippen LogP contribution in [0.5, 0.6) is 0 Å². The summed E-state index contributed by atoms with van der Waals surface area (Å²) in [6.45, 7) is 0. The molecule has 80 valence electrons. The third kappa shape index (κ3) is 2.07. The molecular weight excluding hydrogens is 222 g/mol. The number of benzene rings is 2. The lowest BCUT2D eigenvalue weighted by atomic mass is 10.0. The minimum Gasteiger partial charge on any atom is -0.399 e. The van der Waals surface area contributed by atoms with E-state index in [1.54, 1.807) is 24.3 Å². The fraction of sp³-hybridized carbons (Fsp3) is 0. The highest BCUT2D eigenvalue weighted by Gasteiger charge is 2.04. The fourth-order valence-corrected chi connectivity index (χ4v) is 1.84. The van der Waals surface area contributed by atoms with E-state index in [-0.39, 0.29) is 0 Å². The van der Waals surface area contributed by atoms with Crippen molar-refractivity contribution in [2.75, 3.05) is 5.73 Å². The molecule has 0 amide bonds. The highest BCUT2D eigenvalue weighted by atomic mass is 35.5. The second kappa shape index (κ2) is 4.37. The van der Waals surface area contributed by atoms with Crippen molar-refractivity contribution in [1.82, 2.24) is 0 Å². The number of anilines is 1. The van der Waals surface area contributed by atoms with Crippen molar-refractivity contribution < 1.29 is 4.79 Å². The molecule has 0 fully saturated rings. The largest absolute Gasteiger partial charge is 0.399 e. The van der Waals surface area contributed by atoms with Gasteiger partial charge in [-0.05, 0) is 29.8 Å². The Hall–Kier alpha value is -1.80. The topological polar surface area (TPSA) is 43.1 Å². The summed E-state index contributed by atoms with van der Waals surface area (Å²) in [7, 11) is 0. The van der Waals surface area contributed by atoms with Gasteiger partial charge in [0, 0.05) is 21.8 Å². The van der Waals surface area contributed by atoms with Crippen LogP contribution in [0.15, 0.2) is 42.5 Å². The first-order chi connectivity index (χ1) is 7.70. The molecule has 0 spiro atoms. The summed E-state index contributed by atoms with van der Waals surface area (Å²) in [5.74, 6) is 0. The minimum atomic E-state index is 0.551. The zero-order chi connectivity index (χ0) is 11.5. The Morgan fingerprint density at radius 1 is 1.12 bits per heavy atom. The highest BCUT2D eigenvalue weighted by molar-refractivity contribution is 6.33. The summed E-state index contributed by atoms with van der Waals surface area (Å²) in [5.41, 5.74) is 8.56. The number of hydrogen-bond acceptors (Lipinski definition) is 2. The SMILES string of the molecule is Nc1cc(C=O)cc(-c2ccccc2Cl)c1. The molecule has 3 heteroatoms. The van der Waals surface area contributed by atoms with E-state index >= 15 is 0 Å². The normalized spacial score (nSPS) is 10.1. The Morgan fingerprint density at radius 2 is 1.88 bits per heavy atom. The quantitative estimate of drug-likeness (QED) is 0.636. The second-order valence-electron chi connectivity index (χ2n) is 3.49. The molecule has 0 saturated heterocycles. The van der Waals surface area contributed by atoms with Gasteiger partial charge in [-0.1, -0.05) is 29.8 Å². The lowest BCUT2D eigenvalue weighted by Gasteiger charge is -2.06. The smallest absolute Gasteiger partial charge is 0.150 e. The van der Waals surface area contributed by atoms with Crippen molar-refractivity contribution in [2.45, 2.75) is 0 Å². The Morgan fingerprint density at radius 3 is 2.56 bits per heavy atom. The van der Waals surface area contributed by atoms with Crippen molar-refractivity contribution in [3.63, 3.8) is 0 Å². The van der Waals surface area contributed by atoms with Crippen molar-refractivity contribution >= 4 is 23.6 Å².